The Morgan fingerprint density at radius 1 is 0.947 bits per heavy atom. The number of nitrogens with zero attached hydrogens (tertiary/aromatic N) is 1. The lowest BCUT2D eigenvalue weighted by Crippen LogP contribution is -2.44. The molecular formula is C31H42F3NO2Si. The molecule has 1 saturated carbocycles. The molecule has 0 N–H and O–H groups in total. The molecule has 2 aromatic rings. The Hall–Kier alpha value is -1.70. The molecule has 1 aliphatic heterocycles. The van der Waals surface area contributed by atoms with E-state index in [-0.39, 0.29) is 16.6 Å². The van der Waals surface area contributed by atoms with Crippen molar-refractivity contribution in [1.82, 2.24) is 4.98 Å². The molecule has 0 bridgehead atoms. The molecule has 2 aliphatic carbocycles. The highest BCUT2D eigenvalue weighted by atomic mass is 28.4. The number of rotatable bonds is 4. The Balaban J connectivity index is 1.67. The van der Waals surface area contributed by atoms with Crippen molar-refractivity contribution in [2.45, 2.75) is 122 Å². The average Bonchev–Trinajstić information content (AvgIpc) is 3.45. The molecule has 1 fully saturated rings. The van der Waals surface area contributed by atoms with E-state index in [9.17, 15) is 13.2 Å². The number of hydrogen-bond acceptors (Lipinski definition) is 3. The van der Waals surface area contributed by atoms with Crippen LogP contribution in [0.25, 0.3) is 0 Å². The molecule has 1 unspecified atom stereocenters. The average molecular weight is 546 g/mol. The van der Waals surface area contributed by atoms with Gasteiger partial charge in [0.2, 0.25) is 0 Å². The van der Waals surface area contributed by atoms with Crippen molar-refractivity contribution in [3.05, 3.63) is 63.5 Å². The van der Waals surface area contributed by atoms with Gasteiger partial charge in [-0.15, -0.1) is 0 Å². The van der Waals surface area contributed by atoms with Gasteiger partial charge in [0.1, 0.15) is 6.10 Å². The first-order valence-electron chi connectivity index (χ1n) is 14.1. The number of benzene rings is 1. The smallest absolute Gasteiger partial charge is 0.410 e. The van der Waals surface area contributed by atoms with Crippen LogP contribution in [0, 0.1) is 5.41 Å². The van der Waals surface area contributed by atoms with Crippen molar-refractivity contribution < 1.29 is 22.3 Å². The van der Waals surface area contributed by atoms with Crippen LogP contribution in [0.2, 0.25) is 18.1 Å². The summed E-state index contributed by atoms with van der Waals surface area (Å²) in [6.07, 6.45) is 1.70. The molecule has 2 atom stereocenters. The fourth-order valence-corrected chi connectivity index (χ4v) is 7.67. The minimum Gasteiger partial charge on any atom is -0.410 e. The fourth-order valence-electron chi connectivity index (χ4n) is 6.41. The second kappa shape index (κ2) is 9.45. The summed E-state index contributed by atoms with van der Waals surface area (Å²) in [4.78, 5) is 5.23. The zero-order valence-corrected chi connectivity index (χ0v) is 24.9. The number of fused-ring (bicyclic) bond motifs is 2. The Bertz CT molecular complexity index is 1190. The molecule has 1 aromatic carbocycles. The van der Waals surface area contributed by atoms with Gasteiger partial charge in [-0.1, -0.05) is 59.6 Å². The second-order valence-corrected chi connectivity index (χ2v) is 18.7. The van der Waals surface area contributed by atoms with Crippen LogP contribution in [0.1, 0.15) is 124 Å². The number of hydrogen-bond donors (Lipinski definition) is 0. The minimum atomic E-state index is -4.36. The highest BCUT2D eigenvalue weighted by molar-refractivity contribution is 6.74. The van der Waals surface area contributed by atoms with E-state index in [0.717, 1.165) is 48.2 Å². The van der Waals surface area contributed by atoms with Crippen molar-refractivity contribution in [2.24, 2.45) is 5.41 Å². The summed E-state index contributed by atoms with van der Waals surface area (Å²) >= 11 is 0. The van der Waals surface area contributed by atoms with Crippen molar-refractivity contribution in [3.63, 3.8) is 0 Å². The van der Waals surface area contributed by atoms with Crippen LogP contribution in [0.15, 0.2) is 24.3 Å². The Morgan fingerprint density at radius 3 is 2.16 bits per heavy atom. The standard InChI is InChI=1S/C31H42F3NO2Si/c1-29(2,3)38(6,7)37-24-17-30(4,5)16-22-26(24)25(19-10-8-9-11-19)27-23(35-22)18-36-28(27)20-12-14-21(15-13-20)31(32,33)34/h12-15,19,24,28H,8-11,16-18H2,1-7H3/t24-,28?/m0/s1. The zero-order valence-electron chi connectivity index (χ0n) is 23.9. The normalized spacial score (nSPS) is 23.9. The molecule has 0 saturated heterocycles. The molecule has 2 heterocycles. The quantitative estimate of drug-likeness (QED) is 0.359. The van der Waals surface area contributed by atoms with Gasteiger partial charge >= 0.3 is 6.18 Å². The first-order chi connectivity index (χ1) is 17.6. The van der Waals surface area contributed by atoms with Gasteiger partial charge in [0.15, 0.2) is 8.32 Å². The van der Waals surface area contributed by atoms with Crippen LogP contribution < -0.4 is 0 Å². The van der Waals surface area contributed by atoms with Crippen LogP contribution in [-0.4, -0.2) is 13.3 Å². The lowest BCUT2D eigenvalue weighted by Gasteiger charge is -2.45. The van der Waals surface area contributed by atoms with Gasteiger partial charge in [-0.05, 0) is 78.4 Å². The highest BCUT2D eigenvalue weighted by Crippen LogP contribution is 2.54. The van der Waals surface area contributed by atoms with E-state index in [0.29, 0.717) is 12.5 Å². The van der Waals surface area contributed by atoms with Crippen LogP contribution in [0.4, 0.5) is 13.2 Å². The summed E-state index contributed by atoms with van der Waals surface area (Å²) in [7, 11) is -2.08. The van der Waals surface area contributed by atoms with Gasteiger partial charge in [0.25, 0.3) is 0 Å². The van der Waals surface area contributed by atoms with Crippen molar-refractivity contribution in [2.75, 3.05) is 0 Å². The van der Waals surface area contributed by atoms with E-state index >= 15 is 0 Å². The number of halogens is 3. The fraction of sp³-hybridized carbons (Fsp3) is 0.645. The Kier molecular flexibility index (Phi) is 6.92. The summed E-state index contributed by atoms with van der Waals surface area (Å²) in [5.41, 5.74) is 5.99. The zero-order chi connectivity index (χ0) is 27.7. The number of alkyl halides is 3. The largest absolute Gasteiger partial charge is 0.416 e. The van der Waals surface area contributed by atoms with E-state index in [2.05, 4.69) is 47.7 Å². The van der Waals surface area contributed by atoms with Crippen molar-refractivity contribution in [1.29, 1.82) is 0 Å². The number of pyridine rings is 1. The SMILES string of the molecule is CC1(C)Cc2nc3c(c(C4CCCC4)c2[C@@H](O[Si](C)(C)C(C)(C)C)C1)C(c1ccc(C(F)(F)F)cc1)OC3. The van der Waals surface area contributed by atoms with Gasteiger partial charge in [-0.3, -0.25) is 4.98 Å². The monoisotopic (exact) mass is 545 g/mol. The Morgan fingerprint density at radius 2 is 1.58 bits per heavy atom. The first kappa shape index (κ1) is 27.8. The molecule has 0 amide bonds. The predicted molar refractivity (Wildman–Crippen MR) is 147 cm³/mol. The Labute approximate surface area is 226 Å². The van der Waals surface area contributed by atoms with Gasteiger partial charge in [0.05, 0.1) is 24.0 Å². The molecule has 0 radical (unpaired) electrons. The molecule has 3 aliphatic rings. The number of aromatic nitrogens is 1. The molecule has 0 spiro atoms. The van der Waals surface area contributed by atoms with Crippen LogP contribution >= 0.6 is 0 Å². The summed E-state index contributed by atoms with van der Waals surface area (Å²) < 4.78 is 53.3. The van der Waals surface area contributed by atoms with E-state index in [1.165, 1.54) is 36.1 Å². The minimum absolute atomic E-state index is 0.0307. The summed E-state index contributed by atoms with van der Waals surface area (Å²) in [6, 6.07) is 5.49. The maximum atomic E-state index is 13.3. The van der Waals surface area contributed by atoms with Gasteiger partial charge in [0, 0.05) is 16.8 Å². The third-order valence-corrected chi connectivity index (χ3v) is 13.9. The summed E-state index contributed by atoms with van der Waals surface area (Å²) in [5.74, 6) is 0.408. The molecule has 3 nitrogen and oxygen atoms in total. The predicted octanol–water partition coefficient (Wildman–Crippen LogP) is 9.41. The van der Waals surface area contributed by atoms with Crippen LogP contribution in [0.3, 0.4) is 0 Å². The topological polar surface area (TPSA) is 31.4 Å². The van der Waals surface area contributed by atoms with Gasteiger partial charge in [-0.2, -0.15) is 13.2 Å². The highest BCUT2D eigenvalue weighted by Gasteiger charge is 2.46. The molecule has 38 heavy (non-hydrogen) atoms. The lowest BCUT2D eigenvalue weighted by molar-refractivity contribution is -0.137. The molecular weight excluding hydrogens is 503 g/mol. The second-order valence-electron chi connectivity index (χ2n) is 14.0. The molecule has 5 rings (SSSR count). The maximum Gasteiger partial charge on any atom is 0.416 e. The van der Waals surface area contributed by atoms with E-state index in [1.807, 2.05) is 0 Å². The van der Waals surface area contributed by atoms with E-state index in [4.69, 9.17) is 14.1 Å². The molecule has 7 heteroatoms. The van der Waals surface area contributed by atoms with Crippen molar-refractivity contribution in [3.8, 4) is 0 Å². The molecule has 1 aromatic heterocycles. The third-order valence-electron chi connectivity index (χ3n) is 9.37. The summed E-state index contributed by atoms with van der Waals surface area (Å²) in [5, 5.41) is 0.0817. The third kappa shape index (κ3) is 5.11. The van der Waals surface area contributed by atoms with Gasteiger partial charge < -0.3 is 9.16 Å². The van der Waals surface area contributed by atoms with Crippen LogP contribution in [0.5, 0.6) is 0 Å². The number of ether oxygens (including phenoxy) is 1. The van der Waals surface area contributed by atoms with Crippen molar-refractivity contribution >= 4 is 8.32 Å². The maximum absolute atomic E-state index is 13.3. The van der Waals surface area contributed by atoms with Gasteiger partial charge in [-0.25, -0.2) is 0 Å². The first-order valence-corrected chi connectivity index (χ1v) is 17.0. The molecule has 208 valence electrons. The van der Waals surface area contributed by atoms with Crippen LogP contribution in [-0.2, 0) is 28.4 Å². The lowest BCUT2D eigenvalue weighted by atomic mass is 9.71. The summed E-state index contributed by atoms with van der Waals surface area (Å²) in [6.45, 7) is 16.5. The van der Waals surface area contributed by atoms with E-state index in [1.54, 1.807) is 12.1 Å². The van der Waals surface area contributed by atoms with E-state index < -0.39 is 26.2 Å².